The van der Waals surface area contributed by atoms with E-state index in [0.29, 0.717) is 0 Å². The smallest absolute Gasteiger partial charge is 0.0616 e. The maximum absolute atomic E-state index is 10.2. The van der Waals surface area contributed by atoms with Crippen molar-refractivity contribution in [1.82, 2.24) is 0 Å². The van der Waals surface area contributed by atoms with Crippen LogP contribution in [0.15, 0.2) is 181 Å². The molecule has 0 heterocycles. The van der Waals surface area contributed by atoms with Gasteiger partial charge in [-0.2, -0.15) is 0 Å². The van der Waals surface area contributed by atoms with Crippen molar-refractivity contribution in [3.63, 3.8) is 0 Å². The number of fused-ring (bicyclic) bond motifs is 2. The molecule has 238 valence electrons. The lowest BCUT2D eigenvalue weighted by atomic mass is 9.85. The van der Waals surface area contributed by atoms with Crippen LogP contribution < -0.4 is 0 Å². The van der Waals surface area contributed by atoms with Crippen LogP contribution >= 0.6 is 0 Å². The van der Waals surface area contributed by atoms with Gasteiger partial charge in [-0.1, -0.05) is 169 Å². The average molecular weight is 684 g/mol. The molecule has 0 aromatic heterocycles. The topological polar surface area (TPSA) is 0 Å². The third-order valence-corrected chi connectivity index (χ3v) is 9.41. The normalized spacial score (nSPS) is 20.0. The van der Waals surface area contributed by atoms with Crippen LogP contribution in [-0.4, -0.2) is 0 Å². The molecule has 0 nitrogen and oxygen atoms in total. The van der Waals surface area contributed by atoms with Gasteiger partial charge in [0.15, 0.2) is 0 Å². The molecule has 0 fully saturated rings. The SMILES string of the molecule is [2H]c1c([2H])c([2H])c2c(-c3c([2H])c([2H])c4c([2H])c([2H])c5c([2H])c([2H])c([2H])c6c([2H])c([2H])c3c4c56)c([2H])c(-c3c([2H])c([2H])c(-c4c([2H])c([2H])c5c([2H])c([2H])c6c([2H])c([2H])c([2H])c7c([2H])c([2H])c4c5c67)c4c([2H])c([2H])c([2H])c([2H])c34)cc2c1[2H]. The van der Waals surface area contributed by atoms with E-state index in [0.717, 1.165) is 6.07 Å². The summed E-state index contributed by atoms with van der Waals surface area (Å²) in [7, 11) is 0. The summed E-state index contributed by atoms with van der Waals surface area (Å²) in [6.45, 7) is 0. The summed E-state index contributed by atoms with van der Waals surface area (Å²) in [6, 6.07) is -23.4. The predicted octanol–water partition coefficient (Wildman–Crippen LogP) is 14.8. The van der Waals surface area contributed by atoms with E-state index in [1.54, 1.807) is 0 Å². The van der Waals surface area contributed by atoms with Gasteiger partial charge in [0, 0.05) is 0 Å². The molecule has 12 aromatic carbocycles. The van der Waals surface area contributed by atoms with Gasteiger partial charge in [-0.25, -0.2) is 0 Å². The molecular formula is C52H30. The third kappa shape index (κ3) is 3.81. The second-order valence-electron chi connectivity index (χ2n) is 12.1. The van der Waals surface area contributed by atoms with Crippen LogP contribution in [0.1, 0.15) is 39.8 Å². The molecule has 0 aliphatic rings. The molecular weight excluding hydrogens is 625 g/mol. The van der Waals surface area contributed by atoms with E-state index in [2.05, 4.69) is 0 Å². The lowest BCUT2D eigenvalue weighted by Gasteiger charge is -2.18. The zero-order valence-electron chi connectivity index (χ0n) is 55.1. The molecule has 0 radical (unpaired) electrons. The summed E-state index contributed by atoms with van der Waals surface area (Å²) >= 11 is 0. The minimum Gasteiger partial charge on any atom is -0.0616 e. The van der Waals surface area contributed by atoms with E-state index >= 15 is 0 Å². The molecule has 12 aromatic rings. The fraction of sp³-hybridized carbons (Fsp3) is 0. The summed E-state index contributed by atoms with van der Waals surface area (Å²) in [5.41, 5.74) is -4.10. The average Bonchev–Trinajstić information content (AvgIpc) is 3.54. The predicted molar refractivity (Wildman–Crippen MR) is 225 cm³/mol. The van der Waals surface area contributed by atoms with Crippen LogP contribution in [0.4, 0.5) is 0 Å². The third-order valence-electron chi connectivity index (χ3n) is 9.41. The molecule has 0 saturated heterocycles. The Kier molecular flexibility index (Phi) is 2.43. The highest BCUT2D eigenvalue weighted by Gasteiger charge is 2.18. The summed E-state index contributed by atoms with van der Waals surface area (Å²) < 4.78 is 267. The van der Waals surface area contributed by atoms with Crippen LogP contribution in [0.5, 0.6) is 0 Å². The first-order valence-corrected chi connectivity index (χ1v) is 15.8. The van der Waals surface area contributed by atoms with Crippen molar-refractivity contribution >= 4 is 86.2 Å². The molecule has 0 N–H and O–H groups in total. The molecule has 0 spiro atoms. The molecule has 0 bridgehead atoms. The van der Waals surface area contributed by atoms with Crippen molar-refractivity contribution in [2.45, 2.75) is 0 Å². The quantitative estimate of drug-likeness (QED) is 0.163. The Morgan fingerprint density at radius 3 is 1.23 bits per heavy atom. The van der Waals surface area contributed by atoms with Crippen LogP contribution in [0, 0.1) is 0 Å². The maximum atomic E-state index is 10.2. The lowest BCUT2D eigenvalue weighted by molar-refractivity contribution is 1.65. The Morgan fingerprint density at radius 1 is 0.250 bits per heavy atom. The highest BCUT2D eigenvalue weighted by atomic mass is 14.2. The van der Waals surface area contributed by atoms with Gasteiger partial charge in [0.2, 0.25) is 0 Å². The molecule has 0 aliphatic carbocycles. The molecule has 0 heteroatoms. The molecule has 52 heavy (non-hydrogen) atoms. The number of hydrogen-bond acceptors (Lipinski definition) is 0. The standard InChI is InChI=1S/C52H30/c1-2-12-39-37(7-1)29-38(30-48(39)45-24-20-36-18-16-32-9-6-11-34-22-26-47(45)52(36)50(32)34)40-27-28-43(42-14-4-3-13-41(40)42)44-23-19-35-17-15-31-8-5-10-33-21-25-46(44)51(35)49(31)33/h1-30H/i1D,2D,3D,4D,5D,6D,7D,8D,9D,10D,11D,12D,13D,14D,15D,16D,17D,18D,19D,20D,21D,22D,23D,24D,25D,26D,27D,28D,30D. The van der Waals surface area contributed by atoms with Gasteiger partial charge in [0.05, 0.1) is 39.8 Å². The van der Waals surface area contributed by atoms with Gasteiger partial charge in [-0.15, -0.1) is 0 Å². The minimum atomic E-state index is -1.03. The molecule has 0 amide bonds. The first-order chi connectivity index (χ1) is 37.9. The second kappa shape index (κ2) is 10.4. The molecule has 0 saturated carbocycles. The van der Waals surface area contributed by atoms with Crippen molar-refractivity contribution in [2.75, 3.05) is 0 Å². The van der Waals surface area contributed by atoms with Gasteiger partial charge in [0.25, 0.3) is 0 Å². The fourth-order valence-corrected chi connectivity index (χ4v) is 7.15. The monoisotopic (exact) mass is 683 g/mol. The Morgan fingerprint density at radius 2 is 0.635 bits per heavy atom. The van der Waals surface area contributed by atoms with Gasteiger partial charge in [0.1, 0.15) is 0 Å². The summed E-state index contributed by atoms with van der Waals surface area (Å²) in [5, 5.41) is -7.41. The van der Waals surface area contributed by atoms with Gasteiger partial charge in [-0.3, -0.25) is 0 Å². The van der Waals surface area contributed by atoms with E-state index in [4.69, 9.17) is 19.2 Å². The Balaban J connectivity index is 1.33. The van der Waals surface area contributed by atoms with Crippen molar-refractivity contribution in [2.24, 2.45) is 0 Å². The molecule has 0 unspecified atom stereocenters. The summed E-state index contributed by atoms with van der Waals surface area (Å²) in [4.78, 5) is 0. The number of benzene rings is 12. The van der Waals surface area contributed by atoms with E-state index in [9.17, 15) is 20.6 Å². The second-order valence-corrected chi connectivity index (χ2v) is 12.1. The fourth-order valence-electron chi connectivity index (χ4n) is 7.15. The first kappa shape index (κ1) is 12.2. The summed E-state index contributed by atoms with van der Waals surface area (Å²) in [5.74, 6) is 0. The van der Waals surface area contributed by atoms with Gasteiger partial charge < -0.3 is 0 Å². The van der Waals surface area contributed by atoms with E-state index < -0.39 is 273 Å². The Labute approximate surface area is 341 Å². The van der Waals surface area contributed by atoms with Gasteiger partial charge >= 0.3 is 0 Å². The number of rotatable bonds is 3. The Bertz CT molecular complexity index is 5030. The molecule has 0 atom stereocenters. The van der Waals surface area contributed by atoms with Crippen LogP contribution in [0.25, 0.3) is 120 Å². The van der Waals surface area contributed by atoms with Crippen LogP contribution in [-0.2, 0) is 0 Å². The largest absolute Gasteiger partial charge is 0.0636 e. The van der Waals surface area contributed by atoms with Crippen LogP contribution in [0.2, 0.25) is 0 Å². The zero-order valence-corrected chi connectivity index (χ0v) is 26.1. The maximum Gasteiger partial charge on any atom is 0.0636 e. The zero-order chi connectivity index (χ0) is 59.2. The highest BCUT2D eigenvalue weighted by Crippen LogP contribution is 2.46. The lowest BCUT2D eigenvalue weighted by Crippen LogP contribution is -1.91. The van der Waals surface area contributed by atoms with E-state index in [1.807, 2.05) is 0 Å². The van der Waals surface area contributed by atoms with E-state index in [1.165, 1.54) is 0 Å². The van der Waals surface area contributed by atoms with Crippen LogP contribution in [0.3, 0.4) is 0 Å². The number of hydrogen-bond donors (Lipinski definition) is 0. The van der Waals surface area contributed by atoms with E-state index in [-0.39, 0.29) is 21.5 Å². The minimum absolute atomic E-state index is 0.291. The van der Waals surface area contributed by atoms with Crippen molar-refractivity contribution in [3.8, 4) is 33.4 Å². The molecule has 0 aliphatic heterocycles. The summed E-state index contributed by atoms with van der Waals surface area (Å²) in [6.07, 6.45) is 0. The Hall–Kier alpha value is -6.76. The first-order valence-electron chi connectivity index (χ1n) is 30.3. The van der Waals surface area contributed by atoms with Crippen molar-refractivity contribution in [3.05, 3.63) is 181 Å². The van der Waals surface area contributed by atoms with Gasteiger partial charge in [-0.05, 0) is 132 Å². The van der Waals surface area contributed by atoms with Crippen molar-refractivity contribution < 1.29 is 39.8 Å². The highest BCUT2D eigenvalue weighted by molar-refractivity contribution is 6.28. The molecule has 12 rings (SSSR count). The van der Waals surface area contributed by atoms with Crippen molar-refractivity contribution in [1.29, 1.82) is 0 Å².